The molecule has 1 amide bonds. The van der Waals surface area contributed by atoms with Gasteiger partial charge in [-0.15, -0.1) is 0 Å². The van der Waals surface area contributed by atoms with E-state index in [0.717, 1.165) is 18.7 Å². The van der Waals surface area contributed by atoms with Crippen molar-refractivity contribution in [2.24, 2.45) is 5.73 Å². The number of rotatable bonds is 2. The lowest BCUT2D eigenvalue weighted by molar-refractivity contribution is 0.0999. The second-order valence-corrected chi connectivity index (χ2v) is 5.06. The Hall–Kier alpha value is -1.62. The highest BCUT2D eigenvalue weighted by molar-refractivity contribution is 5.99. The van der Waals surface area contributed by atoms with E-state index in [-0.39, 0.29) is 0 Å². The fraction of sp³-hybridized carbons (Fsp3) is 0.538. The van der Waals surface area contributed by atoms with Gasteiger partial charge in [0.15, 0.2) is 0 Å². The second kappa shape index (κ2) is 4.94. The molecule has 0 radical (unpaired) electrons. The summed E-state index contributed by atoms with van der Waals surface area (Å²) in [5.41, 5.74) is 6.89. The van der Waals surface area contributed by atoms with Crippen molar-refractivity contribution in [2.75, 3.05) is 18.0 Å². The van der Waals surface area contributed by atoms with Crippen LogP contribution in [0.2, 0.25) is 0 Å². The Bertz CT molecular complexity index is 450. The van der Waals surface area contributed by atoms with Crippen molar-refractivity contribution in [3.05, 3.63) is 23.4 Å². The van der Waals surface area contributed by atoms with Crippen LogP contribution in [0.25, 0.3) is 0 Å². The predicted molar refractivity (Wildman–Crippen MR) is 71.8 cm³/mol. The normalized spacial score (nSPS) is 24.1. The fourth-order valence-corrected chi connectivity index (χ4v) is 2.59. The van der Waals surface area contributed by atoms with Gasteiger partial charge in [0.05, 0.1) is 5.56 Å². The molecule has 2 atom stereocenters. The number of carbonyl (C=O) groups excluding carboxylic acids is 1. The van der Waals surface area contributed by atoms with E-state index in [1.54, 1.807) is 6.20 Å². The lowest BCUT2D eigenvalue weighted by Gasteiger charge is -2.37. The number of nitrogens with zero attached hydrogens (tertiary/aromatic N) is 2. The van der Waals surface area contributed by atoms with Gasteiger partial charge in [-0.1, -0.05) is 0 Å². The zero-order valence-corrected chi connectivity index (χ0v) is 11.1. The molecular weight excluding hydrogens is 228 g/mol. The molecule has 0 spiro atoms. The lowest BCUT2D eigenvalue weighted by Crippen LogP contribution is -2.55. The highest BCUT2D eigenvalue weighted by atomic mass is 16.1. The van der Waals surface area contributed by atoms with Gasteiger partial charge < -0.3 is 16.0 Å². The van der Waals surface area contributed by atoms with Crippen molar-refractivity contribution in [1.29, 1.82) is 0 Å². The Morgan fingerprint density at radius 2 is 2.06 bits per heavy atom. The SMILES string of the molecule is Cc1ccnc(N2CC(C)NC(C)C2)c1C(N)=O. The first kappa shape index (κ1) is 12.8. The van der Waals surface area contributed by atoms with Crippen LogP contribution in [0.3, 0.4) is 0 Å². The maximum Gasteiger partial charge on any atom is 0.252 e. The molecule has 1 saturated heterocycles. The van der Waals surface area contributed by atoms with Gasteiger partial charge in [0, 0.05) is 31.4 Å². The molecule has 98 valence electrons. The summed E-state index contributed by atoms with van der Waals surface area (Å²) in [5, 5.41) is 3.46. The highest BCUT2D eigenvalue weighted by Gasteiger charge is 2.25. The van der Waals surface area contributed by atoms with Gasteiger partial charge in [-0.05, 0) is 32.4 Å². The molecule has 2 unspecified atom stereocenters. The molecule has 2 heterocycles. The van der Waals surface area contributed by atoms with Crippen molar-refractivity contribution >= 4 is 11.7 Å². The predicted octanol–water partition coefficient (Wildman–Crippen LogP) is 0.676. The molecule has 1 aliphatic heterocycles. The molecule has 1 fully saturated rings. The summed E-state index contributed by atoms with van der Waals surface area (Å²) in [5.74, 6) is 0.303. The minimum absolute atomic E-state index is 0.372. The minimum atomic E-state index is -0.408. The average molecular weight is 248 g/mol. The molecule has 1 aromatic heterocycles. The van der Waals surface area contributed by atoms with Crippen molar-refractivity contribution in [3.63, 3.8) is 0 Å². The standard InChI is InChI=1S/C13H20N4O/c1-8-4-5-15-13(11(8)12(14)18)17-6-9(2)16-10(3)7-17/h4-5,9-10,16H,6-7H2,1-3H3,(H2,14,18). The Morgan fingerprint density at radius 3 is 2.61 bits per heavy atom. The maximum atomic E-state index is 11.6. The minimum Gasteiger partial charge on any atom is -0.365 e. The average Bonchev–Trinajstić information content (AvgIpc) is 2.26. The number of nitrogens with one attached hydrogen (secondary N) is 1. The van der Waals surface area contributed by atoms with Gasteiger partial charge in [-0.2, -0.15) is 0 Å². The molecule has 5 heteroatoms. The van der Waals surface area contributed by atoms with E-state index >= 15 is 0 Å². The number of piperazine rings is 1. The van der Waals surface area contributed by atoms with E-state index < -0.39 is 5.91 Å². The Labute approximate surface area is 107 Å². The van der Waals surface area contributed by atoms with Crippen LogP contribution in [0.5, 0.6) is 0 Å². The Kier molecular flexibility index (Phi) is 3.52. The number of carbonyl (C=O) groups is 1. The van der Waals surface area contributed by atoms with Crippen molar-refractivity contribution < 1.29 is 4.79 Å². The van der Waals surface area contributed by atoms with Crippen LogP contribution in [0.1, 0.15) is 29.8 Å². The molecule has 0 aromatic carbocycles. The van der Waals surface area contributed by atoms with E-state index in [1.165, 1.54) is 0 Å². The summed E-state index contributed by atoms with van der Waals surface area (Å²) in [6, 6.07) is 2.56. The van der Waals surface area contributed by atoms with Crippen LogP contribution < -0.4 is 16.0 Å². The van der Waals surface area contributed by atoms with E-state index in [1.807, 2.05) is 13.0 Å². The number of aromatic nitrogens is 1. The van der Waals surface area contributed by atoms with E-state index in [9.17, 15) is 4.79 Å². The smallest absolute Gasteiger partial charge is 0.252 e. The number of anilines is 1. The zero-order chi connectivity index (χ0) is 13.3. The monoisotopic (exact) mass is 248 g/mol. The van der Waals surface area contributed by atoms with Gasteiger partial charge in [-0.3, -0.25) is 4.79 Å². The molecule has 18 heavy (non-hydrogen) atoms. The summed E-state index contributed by atoms with van der Waals surface area (Å²) in [6.45, 7) is 7.81. The maximum absolute atomic E-state index is 11.6. The summed E-state index contributed by atoms with van der Waals surface area (Å²) in [7, 11) is 0. The quantitative estimate of drug-likeness (QED) is 0.807. The van der Waals surface area contributed by atoms with Gasteiger partial charge >= 0.3 is 0 Å². The van der Waals surface area contributed by atoms with Gasteiger partial charge in [-0.25, -0.2) is 4.98 Å². The van der Waals surface area contributed by atoms with Crippen LogP contribution in [0.4, 0.5) is 5.82 Å². The first-order chi connectivity index (χ1) is 8.49. The van der Waals surface area contributed by atoms with Crippen molar-refractivity contribution in [3.8, 4) is 0 Å². The number of nitrogens with two attached hydrogens (primary N) is 1. The molecule has 2 rings (SSSR count). The van der Waals surface area contributed by atoms with E-state index in [4.69, 9.17) is 5.73 Å². The van der Waals surface area contributed by atoms with Gasteiger partial charge in [0.2, 0.25) is 0 Å². The van der Waals surface area contributed by atoms with E-state index in [0.29, 0.717) is 23.5 Å². The fourth-order valence-electron chi connectivity index (χ4n) is 2.59. The summed E-state index contributed by atoms with van der Waals surface area (Å²) in [4.78, 5) is 18.1. The molecule has 1 aliphatic rings. The first-order valence-corrected chi connectivity index (χ1v) is 6.25. The topological polar surface area (TPSA) is 71.2 Å². The molecule has 0 bridgehead atoms. The van der Waals surface area contributed by atoms with Gasteiger partial charge in [0.25, 0.3) is 5.91 Å². The molecule has 0 aliphatic carbocycles. The van der Waals surface area contributed by atoms with Gasteiger partial charge in [0.1, 0.15) is 5.82 Å². The number of hydrogen-bond donors (Lipinski definition) is 2. The largest absolute Gasteiger partial charge is 0.365 e. The molecular formula is C13H20N4O. The van der Waals surface area contributed by atoms with Crippen LogP contribution in [0.15, 0.2) is 12.3 Å². The number of pyridine rings is 1. The number of primary amides is 1. The lowest BCUT2D eigenvalue weighted by atomic mass is 10.1. The Balaban J connectivity index is 2.38. The molecule has 5 nitrogen and oxygen atoms in total. The van der Waals surface area contributed by atoms with Crippen LogP contribution in [-0.4, -0.2) is 36.1 Å². The number of aryl methyl sites for hydroxylation is 1. The van der Waals surface area contributed by atoms with Crippen LogP contribution in [-0.2, 0) is 0 Å². The summed E-state index contributed by atoms with van der Waals surface area (Å²) < 4.78 is 0. The molecule has 3 N–H and O–H groups in total. The summed E-state index contributed by atoms with van der Waals surface area (Å²) in [6.07, 6.45) is 1.73. The van der Waals surface area contributed by atoms with Crippen LogP contribution in [0, 0.1) is 6.92 Å². The number of hydrogen-bond acceptors (Lipinski definition) is 4. The zero-order valence-electron chi connectivity index (χ0n) is 11.1. The highest BCUT2D eigenvalue weighted by Crippen LogP contribution is 2.22. The molecule has 0 saturated carbocycles. The van der Waals surface area contributed by atoms with E-state index in [2.05, 4.69) is 29.0 Å². The third-order valence-corrected chi connectivity index (χ3v) is 3.24. The summed E-state index contributed by atoms with van der Waals surface area (Å²) >= 11 is 0. The van der Waals surface area contributed by atoms with Crippen LogP contribution >= 0.6 is 0 Å². The third kappa shape index (κ3) is 2.46. The second-order valence-electron chi connectivity index (χ2n) is 5.06. The Morgan fingerprint density at radius 1 is 1.44 bits per heavy atom. The third-order valence-electron chi connectivity index (χ3n) is 3.24. The number of amides is 1. The van der Waals surface area contributed by atoms with Crippen molar-refractivity contribution in [2.45, 2.75) is 32.9 Å². The first-order valence-electron chi connectivity index (χ1n) is 6.25. The van der Waals surface area contributed by atoms with Crippen molar-refractivity contribution in [1.82, 2.24) is 10.3 Å². The molecule has 1 aromatic rings.